The molecule has 148 valence electrons. The lowest BCUT2D eigenvalue weighted by molar-refractivity contribution is -0.137. The first-order valence-electron chi connectivity index (χ1n) is 9.15. The molecule has 2 saturated heterocycles. The van der Waals surface area contributed by atoms with Gasteiger partial charge in [-0.1, -0.05) is 23.7 Å². The van der Waals surface area contributed by atoms with E-state index in [4.69, 9.17) is 11.6 Å². The predicted octanol–water partition coefficient (Wildman–Crippen LogP) is 4.78. The highest BCUT2D eigenvalue weighted by atomic mass is 35.5. The van der Waals surface area contributed by atoms with E-state index in [2.05, 4.69) is 4.98 Å². The minimum Gasteiger partial charge on any atom is -0.355 e. The van der Waals surface area contributed by atoms with Gasteiger partial charge in [-0.3, -0.25) is 4.79 Å². The number of hydrogen-bond acceptors (Lipinski definition) is 3. The van der Waals surface area contributed by atoms with Crippen molar-refractivity contribution in [2.24, 2.45) is 5.41 Å². The van der Waals surface area contributed by atoms with Crippen LogP contribution in [0.1, 0.15) is 24.8 Å². The molecule has 2 aliphatic heterocycles. The third-order valence-electron chi connectivity index (χ3n) is 5.62. The minimum absolute atomic E-state index is 0.0743. The molecule has 0 N–H and O–H groups in total. The van der Waals surface area contributed by atoms with Crippen molar-refractivity contribution < 1.29 is 18.0 Å². The van der Waals surface area contributed by atoms with Gasteiger partial charge < -0.3 is 9.80 Å². The second-order valence-corrected chi connectivity index (χ2v) is 7.74. The number of hydrogen-bond donors (Lipinski definition) is 0. The Morgan fingerprint density at radius 3 is 2.61 bits per heavy atom. The van der Waals surface area contributed by atoms with Crippen LogP contribution in [0.4, 0.5) is 24.7 Å². The van der Waals surface area contributed by atoms with E-state index in [9.17, 15) is 18.0 Å². The molecule has 1 spiro atoms. The van der Waals surface area contributed by atoms with E-state index in [1.165, 1.54) is 12.3 Å². The molecule has 4 rings (SSSR count). The first-order chi connectivity index (χ1) is 13.3. The van der Waals surface area contributed by atoms with Crippen LogP contribution in [-0.2, 0) is 11.0 Å². The van der Waals surface area contributed by atoms with Crippen molar-refractivity contribution >= 4 is 29.0 Å². The quantitative estimate of drug-likeness (QED) is 0.716. The van der Waals surface area contributed by atoms with Gasteiger partial charge in [-0.25, -0.2) is 4.98 Å². The number of alkyl halides is 3. The van der Waals surface area contributed by atoms with Crippen molar-refractivity contribution in [2.75, 3.05) is 29.4 Å². The van der Waals surface area contributed by atoms with Gasteiger partial charge in [0, 0.05) is 25.8 Å². The maximum atomic E-state index is 13.4. The Labute approximate surface area is 165 Å². The fourth-order valence-electron chi connectivity index (χ4n) is 4.28. The van der Waals surface area contributed by atoms with E-state index in [1.54, 1.807) is 28.0 Å². The number of aromatic nitrogens is 1. The van der Waals surface area contributed by atoms with Gasteiger partial charge in [-0.15, -0.1) is 0 Å². The molecule has 1 atom stereocenters. The number of nitrogens with zero attached hydrogens (tertiary/aromatic N) is 3. The smallest absolute Gasteiger partial charge is 0.355 e. The number of piperidine rings is 1. The van der Waals surface area contributed by atoms with Crippen LogP contribution >= 0.6 is 11.6 Å². The Hall–Kier alpha value is -2.28. The Bertz CT molecular complexity index is 904. The van der Waals surface area contributed by atoms with E-state index in [1.807, 2.05) is 6.07 Å². The maximum Gasteiger partial charge on any atom is 0.419 e. The zero-order chi connectivity index (χ0) is 19.9. The molecule has 0 bridgehead atoms. The number of amides is 1. The molecule has 1 amide bonds. The standard InChI is InChI=1S/C20H19ClF3N3O/c21-15-6-1-2-7-16(15)27-12-9-19(18(27)28)8-4-11-26(13-19)17-14(20(22,23)24)5-3-10-25-17/h1-3,5-7,10H,4,8-9,11-13H2/t19-/m0/s1. The summed E-state index contributed by atoms with van der Waals surface area (Å²) < 4.78 is 40.3. The van der Waals surface area contributed by atoms with E-state index >= 15 is 0 Å². The summed E-state index contributed by atoms with van der Waals surface area (Å²) >= 11 is 6.25. The number of benzene rings is 1. The van der Waals surface area contributed by atoms with E-state index < -0.39 is 17.2 Å². The molecule has 1 aromatic carbocycles. The van der Waals surface area contributed by atoms with Crippen LogP contribution in [0.25, 0.3) is 0 Å². The third kappa shape index (κ3) is 3.21. The second kappa shape index (κ2) is 6.95. The molecule has 0 saturated carbocycles. The summed E-state index contributed by atoms with van der Waals surface area (Å²) in [6.07, 6.45) is -1.26. The van der Waals surface area contributed by atoms with Crippen molar-refractivity contribution in [3.8, 4) is 0 Å². The highest BCUT2D eigenvalue weighted by molar-refractivity contribution is 6.34. The number of halogens is 4. The van der Waals surface area contributed by atoms with Gasteiger partial charge in [0.15, 0.2) is 0 Å². The largest absolute Gasteiger partial charge is 0.419 e. The molecule has 28 heavy (non-hydrogen) atoms. The molecule has 0 radical (unpaired) electrons. The summed E-state index contributed by atoms with van der Waals surface area (Å²) in [7, 11) is 0. The van der Waals surface area contributed by atoms with Gasteiger partial charge in [-0.2, -0.15) is 13.2 Å². The summed E-state index contributed by atoms with van der Waals surface area (Å²) in [5.41, 5.74) is -0.824. The van der Waals surface area contributed by atoms with Crippen LogP contribution < -0.4 is 9.80 Å². The number of pyridine rings is 1. The van der Waals surface area contributed by atoms with Crippen molar-refractivity contribution in [1.29, 1.82) is 0 Å². The third-order valence-corrected chi connectivity index (χ3v) is 5.94. The highest BCUT2D eigenvalue weighted by Crippen LogP contribution is 2.45. The van der Waals surface area contributed by atoms with E-state index in [0.29, 0.717) is 43.1 Å². The Balaban J connectivity index is 1.63. The minimum atomic E-state index is -4.49. The molecular weight excluding hydrogens is 391 g/mol. The Morgan fingerprint density at radius 1 is 1.07 bits per heavy atom. The number of carbonyl (C=O) groups excluding carboxylic acids is 1. The average molecular weight is 410 g/mol. The Morgan fingerprint density at radius 2 is 1.86 bits per heavy atom. The second-order valence-electron chi connectivity index (χ2n) is 7.34. The lowest BCUT2D eigenvalue weighted by Gasteiger charge is -2.40. The fourth-order valence-corrected chi connectivity index (χ4v) is 4.52. The van der Waals surface area contributed by atoms with Gasteiger partial charge in [0.2, 0.25) is 5.91 Å². The average Bonchev–Trinajstić information content (AvgIpc) is 2.97. The lowest BCUT2D eigenvalue weighted by atomic mass is 9.78. The van der Waals surface area contributed by atoms with Gasteiger partial charge >= 0.3 is 6.18 Å². The van der Waals surface area contributed by atoms with Crippen LogP contribution in [0, 0.1) is 5.41 Å². The van der Waals surface area contributed by atoms with Gasteiger partial charge in [0.25, 0.3) is 0 Å². The van der Waals surface area contributed by atoms with Gasteiger partial charge in [0.05, 0.1) is 21.7 Å². The number of anilines is 2. The molecule has 1 aromatic heterocycles. The Kier molecular flexibility index (Phi) is 4.73. The lowest BCUT2D eigenvalue weighted by Crippen LogP contribution is -2.48. The molecule has 0 unspecified atom stereocenters. The molecule has 2 fully saturated rings. The van der Waals surface area contributed by atoms with Gasteiger partial charge in [0.1, 0.15) is 5.82 Å². The normalized spacial score (nSPS) is 22.9. The molecule has 0 aliphatic carbocycles. The van der Waals surface area contributed by atoms with Crippen LogP contribution in [0.15, 0.2) is 42.6 Å². The van der Waals surface area contributed by atoms with Crippen LogP contribution in [-0.4, -0.2) is 30.5 Å². The first-order valence-corrected chi connectivity index (χ1v) is 9.53. The molecule has 4 nitrogen and oxygen atoms in total. The molecule has 3 heterocycles. The van der Waals surface area contributed by atoms with Crippen LogP contribution in [0.5, 0.6) is 0 Å². The predicted molar refractivity (Wildman–Crippen MR) is 102 cm³/mol. The summed E-state index contributed by atoms with van der Waals surface area (Å²) in [4.78, 5) is 20.6. The SMILES string of the molecule is O=C1N(c2ccccc2Cl)CC[C@]12CCCN(c1ncccc1C(F)(F)F)C2. The van der Waals surface area contributed by atoms with Crippen LogP contribution in [0.2, 0.25) is 5.02 Å². The molecule has 8 heteroatoms. The van der Waals surface area contributed by atoms with Crippen molar-refractivity contribution in [1.82, 2.24) is 4.98 Å². The zero-order valence-corrected chi connectivity index (χ0v) is 15.8. The van der Waals surface area contributed by atoms with Gasteiger partial charge in [-0.05, 0) is 43.5 Å². The number of para-hydroxylation sites is 1. The molecule has 2 aromatic rings. The van der Waals surface area contributed by atoms with E-state index in [0.717, 1.165) is 6.07 Å². The topological polar surface area (TPSA) is 36.4 Å². The zero-order valence-electron chi connectivity index (χ0n) is 15.0. The first kappa shape index (κ1) is 19.1. The molecular formula is C20H19ClF3N3O. The summed E-state index contributed by atoms with van der Waals surface area (Å²) in [5, 5.41) is 0.490. The summed E-state index contributed by atoms with van der Waals surface area (Å²) in [6, 6.07) is 9.45. The molecule has 2 aliphatic rings. The van der Waals surface area contributed by atoms with E-state index in [-0.39, 0.29) is 18.3 Å². The number of rotatable bonds is 2. The monoisotopic (exact) mass is 409 g/mol. The summed E-state index contributed by atoms with van der Waals surface area (Å²) in [6.45, 7) is 1.18. The maximum absolute atomic E-state index is 13.4. The number of carbonyl (C=O) groups is 1. The van der Waals surface area contributed by atoms with Crippen molar-refractivity contribution in [3.63, 3.8) is 0 Å². The summed E-state index contributed by atoms with van der Waals surface area (Å²) in [5.74, 6) is -0.173. The highest BCUT2D eigenvalue weighted by Gasteiger charge is 2.50. The fraction of sp³-hybridized carbons (Fsp3) is 0.400. The van der Waals surface area contributed by atoms with Crippen molar-refractivity contribution in [2.45, 2.75) is 25.4 Å². The van der Waals surface area contributed by atoms with Crippen LogP contribution in [0.3, 0.4) is 0 Å². The van der Waals surface area contributed by atoms with Crippen molar-refractivity contribution in [3.05, 3.63) is 53.2 Å².